The maximum atomic E-state index is 6.09. The molecule has 0 bridgehead atoms. The zero-order chi connectivity index (χ0) is 15.0. The van der Waals surface area contributed by atoms with Gasteiger partial charge in [-0.05, 0) is 33.6 Å². The first kappa shape index (κ1) is 16.6. The Morgan fingerprint density at radius 3 is 1.80 bits per heavy atom. The number of nitrogens with two attached hydrogens (primary N) is 1. The monoisotopic (exact) mass is 281 g/mol. The molecule has 0 aliphatic rings. The highest BCUT2D eigenvalue weighted by molar-refractivity contribution is 5.51. The molecule has 114 valence electrons. The lowest BCUT2D eigenvalue weighted by Gasteiger charge is -2.19. The minimum atomic E-state index is 0.103. The second-order valence-corrected chi connectivity index (χ2v) is 4.57. The van der Waals surface area contributed by atoms with Crippen molar-refractivity contribution in [3.8, 4) is 17.2 Å². The molecule has 1 aromatic carbocycles. The normalized spacial score (nSPS) is 12.1. The number of hydrogen-bond acceptors (Lipinski definition) is 4. The molecular weight excluding hydrogens is 254 g/mol. The molecule has 0 fully saturated rings. The van der Waals surface area contributed by atoms with Crippen molar-refractivity contribution < 1.29 is 14.2 Å². The third kappa shape index (κ3) is 4.60. The Hall–Kier alpha value is -1.42. The summed E-state index contributed by atoms with van der Waals surface area (Å²) in [6, 6.07) is 3.95. The average molecular weight is 281 g/mol. The quantitative estimate of drug-likeness (QED) is 0.755. The minimum Gasteiger partial charge on any atom is -0.494 e. The van der Waals surface area contributed by atoms with E-state index in [-0.39, 0.29) is 6.04 Å². The molecule has 0 aromatic heterocycles. The largest absolute Gasteiger partial charge is 0.494 e. The second-order valence-electron chi connectivity index (χ2n) is 4.57. The topological polar surface area (TPSA) is 53.7 Å². The Bertz CT molecular complexity index is 380. The second kappa shape index (κ2) is 8.69. The molecule has 0 amide bonds. The van der Waals surface area contributed by atoms with Crippen LogP contribution in [0.3, 0.4) is 0 Å². The van der Waals surface area contributed by atoms with Gasteiger partial charge in [-0.25, -0.2) is 0 Å². The lowest BCUT2D eigenvalue weighted by atomic mass is 10.0. The minimum absolute atomic E-state index is 0.103. The van der Waals surface area contributed by atoms with E-state index >= 15 is 0 Å². The average Bonchev–Trinajstić information content (AvgIpc) is 2.43. The molecule has 4 nitrogen and oxygen atoms in total. The van der Waals surface area contributed by atoms with Gasteiger partial charge in [0.05, 0.1) is 19.8 Å². The van der Waals surface area contributed by atoms with Crippen molar-refractivity contribution in [2.24, 2.45) is 5.73 Å². The SMILES string of the molecule is CCOc1cc(OCC)c(CC(N)CC)c(OCC)c1. The van der Waals surface area contributed by atoms with E-state index in [4.69, 9.17) is 19.9 Å². The predicted octanol–water partition coefficient (Wildman–Crippen LogP) is 3.16. The highest BCUT2D eigenvalue weighted by Crippen LogP contribution is 2.35. The smallest absolute Gasteiger partial charge is 0.129 e. The molecule has 20 heavy (non-hydrogen) atoms. The van der Waals surface area contributed by atoms with Crippen LogP contribution in [0.15, 0.2) is 12.1 Å². The summed E-state index contributed by atoms with van der Waals surface area (Å²) in [5, 5.41) is 0. The molecule has 0 heterocycles. The summed E-state index contributed by atoms with van der Waals surface area (Å²) in [6.45, 7) is 9.81. The van der Waals surface area contributed by atoms with Crippen molar-refractivity contribution in [3.05, 3.63) is 17.7 Å². The van der Waals surface area contributed by atoms with Crippen LogP contribution in [-0.2, 0) is 6.42 Å². The Labute approximate surface area is 122 Å². The van der Waals surface area contributed by atoms with Gasteiger partial charge in [-0.15, -0.1) is 0 Å². The summed E-state index contributed by atoms with van der Waals surface area (Å²) in [7, 11) is 0. The van der Waals surface area contributed by atoms with Crippen LogP contribution in [0.25, 0.3) is 0 Å². The number of benzene rings is 1. The fraction of sp³-hybridized carbons (Fsp3) is 0.625. The molecule has 1 rings (SSSR count). The van der Waals surface area contributed by atoms with Crippen molar-refractivity contribution in [2.75, 3.05) is 19.8 Å². The van der Waals surface area contributed by atoms with Crippen molar-refractivity contribution >= 4 is 0 Å². The highest BCUT2D eigenvalue weighted by atomic mass is 16.5. The summed E-state index contributed by atoms with van der Waals surface area (Å²) in [4.78, 5) is 0. The van der Waals surface area contributed by atoms with E-state index in [2.05, 4.69) is 6.92 Å². The van der Waals surface area contributed by atoms with Crippen LogP contribution < -0.4 is 19.9 Å². The zero-order valence-corrected chi connectivity index (χ0v) is 13.1. The third-order valence-electron chi connectivity index (χ3n) is 3.04. The van der Waals surface area contributed by atoms with Crippen LogP contribution in [0.1, 0.15) is 39.7 Å². The molecule has 1 unspecified atom stereocenters. The maximum Gasteiger partial charge on any atom is 0.129 e. The van der Waals surface area contributed by atoms with E-state index < -0.39 is 0 Å². The maximum absolute atomic E-state index is 6.09. The van der Waals surface area contributed by atoms with Crippen LogP contribution in [0.4, 0.5) is 0 Å². The van der Waals surface area contributed by atoms with Gasteiger partial charge in [-0.3, -0.25) is 0 Å². The first-order chi connectivity index (χ1) is 9.65. The van der Waals surface area contributed by atoms with E-state index in [1.807, 2.05) is 32.9 Å². The van der Waals surface area contributed by atoms with Crippen molar-refractivity contribution in [1.82, 2.24) is 0 Å². The first-order valence-corrected chi connectivity index (χ1v) is 7.46. The molecule has 0 saturated heterocycles. The van der Waals surface area contributed by atoms with Gasteiger partial charge in [0.2, 0.25) is 0 Å². The number of ether oxygens (including phenoxy) is 3. The molecule has 1 aromatic rings. The molecule has 0 radical (unpaired) electrons. The van der Waals surface area contributed by atoms with Crippen LogP contribution in [0.2, 0.25) is 0 Å². The van der Waals surface area contributed by atoms with Gasteiger partial charge in [0.25, 0.3) is 0 Å². The van der Waals surface area contributed by atoms with E-state index in [0.717, 1.165) is 35.7 Å². The van der Waals surface area contributed by atoms with Crippen LogP contribution in [0.5, 0.6) is 17.2 Å². The molecule has 4 heteroatoms. The first-order valence-electron chi connectivity index (χ1n) is 7.46. The summed E-state index contributed by atoms with van der Waals surface area (Å²) >= 11 is 0. The molecule has 0 saturated carbocycles. The summed E-state index contributed by atoms with van der Waals surface area (Å²) in [5.74, 6) is 2.39. The Morgan fingerprint density at radius 1 is 0.900 bits per heavy atom. The lowest BCUT2D eigenvalue weighted by Crippen LogP contribution is -2.22. The van der Waals surface area contributed by atoms with Crippen LogP contribution in [-0.4, -0.2) is 25.9 Å². The van der Waals surface area contributed by atoms with Gasteiger partial charge in [0.15, 0.2) is 0 Å². The predicted molar refractivity (Wildman–Crippen MR) is 81.9 cm³/mol. The molecule has 0 spiro atoms. The Balaban J connectivity index is 3.18. The van der Waals surface area contributed by atoms with Crippen LogP contribution >= 0.6 is 0 Å². The zero-order valence-electron chi connectivity index (χ0n) is 13.1. The van der Waals surface area contributed by atoms with E-state index in [1.165, 1.54) is 0 Å². The molecule has 2 N–H and O–H groups in total. The van der Waals surface area contributed by atoms with Gasteiger partial charge in [-0.2, -0.15) is 0 Å². The molecule has 0 aliphatic heterocycles. The standard InChI is InChI=1S/C16H27NO3/c1-5-12(17)9-14-15(19-7-3)10-13(18-6-2)11-16(14)20-8-4/h10-12H,5-9,17H2,1-4H3. The Morgan fingerprint density at radius 2 is 1.40 bits per heavy atom. The summed E-state index contributed by atoms with van der Waals surface area (Å²) < 4.78 is 17.1. The fourth-order valence-electron chi connectivity index (χ4n) is 2.02. The van der Waals surface area contributed by atoms with Gasteiger partial charge < -0.3 is 19.9 Å². The highest BCUT2D eigenvalue weighted by Gasteiger charge is 2.16. The fourth-order valence-corrected chi connectivity index (χ4v) is 2.02. The summed E-state index contributed by atoms with van der Waals surface area (Å²) in [6.07, 6.45) is 1.66. The third-order valence-corrected chi connectivity index (χ3v) is 3.04. The van der Waals surface area contributed by atoms with Crippen LogP contribution in [0, 0.1) is 0 Å². The van der Waals surface area contributed by atoms with E-state index in [1.54, 1.807) is 0 Å². The van der Waals surface area contributed by atoms with Crippen molar-refractivity contribution in [1.29, 1.82) is 0 Å². The number of rotatable bonds is 9. The molecule has 1 atom stereocenters. The Kier molecular flexibility index (Phi) is 7.23. The lowest BCUT2D eigenvalue weighted by molar-refractivity contribution is 0.301. The molecule has 0 aliphatic carbocycles. The van der Waals surface area contributed by atoms with Gasteiger partial charge in [0, 0.05) is 23.7 Å². The van der Waals surface area contributed by atoms with Gasteiger partial charge in [-0.1, -0.05) is 6.92 Å². The van der Waals surface area contributed by atoms with Crippen molar-refractivity contribution in [2.45, 2.75) is 46.6 Å². The van der Waals surface area contributed by atoms with Crippen molar-refractivity contribution in [3.63, 3.8) is 0 Å². The van der Waals surface area contributed by atoms with Gasteiger partial charge >= 0.3 is 0 Å². The van der Waals surface area contributed by atoms with Gasteiger partial charge in [0.1, 0.15) is 17.2 Å². The summed E-state index contributed by atoms with van der Waals surface area (Å²) in [5.41, 5.74) is 7.12. The molecular formula is C16H27NO3. The number of hydrogen-bond donors (Lipinski definition) is 1. The van der Waals surface area contributed by atoms with E-state index in [9.17, 15) is 0 Å². The van der Waals surface area contributed by atoms with E-state index in [0.29, 0.717) is 19.8 Å².